The zero-order valence-corrected chi connectivity index (χ0v) is 14.4. The molecular formula is C19H27N2+. The summed E-state index contributed by atoms with van der Waals surface area (Å²) in [4.78, 5) is 4.13. The summed E-state index contributed by atoms with van der Waals surface area (Å²) in [6.45, 7) is 13.6. The van der Waals surface area contributed by atoms with E-state index in [9.17, 15) is 0 Å². The van der Waals surface area contributed by atoms with E-state index in [-0.39, 0.29) is 10.8 Å². The van der Waals surface area contributed by atoms with Gasteiger partial charge in [0.1, 0.15) is 7.05 Å². The van der Waals surface area contributed by atoms with Crippen LogP contribution in [0.3, 0.4) is 0 Å². The minimum atomic E-state index is 0.109. The third-order valence-corrected chi connectivity index (χ3v) is 3.86. The van der Waals surface area contributed by atoms with Gasteiger partial charge in [0.15, 0.2) is 11.4 Å². The second-order valence-electron chi connectivity index (χ2n) is 7.81. The van der Waals surface area contributed by atoms with E-state index in [1.807, 2.05) is 12.4 Å². The number of nitrogens with zero attached hydrogens (tertiary/aromatic N) is 2. The van der Waals surface area contributed by atoms with E-state index in [4.69, 9.17) is 0 Å². The van der Waals surface area contributed by atoms with Crippen LogP contribution in [0.4, 0.5) is 0 Å². The first-order valence-electron chi connectivity index (χ1n) is 7.56. The number of hydrogen-bond acceptors (Lipinski definition) is 1. The standard InChI is InChI=1S/C19H27N2/c1-18(2,3)16-12-15(14-8-10-20-11-9-14)13-17(21(16)7)19(4,5)6/h8-13H,1-7H3/q+1. The molecule has 2 heteroatoms. The molecular weight excluding hydrogens is 256 g/mol. The number of hydrogen-bond donors (Lipinski definition) is 0. The van der Waals surface area contributed by atoms with Crippen LogP contribution < -0.4 is 4.57 Å². The van der Waals surface area contributed by atoms with Crippen molar-refractivity contribution in [2.75, 3.05) is 0 Å². The number of aromatic nitrogens is 2. The van der Waals surface area contributed by atoms with Crippen molar-refractivity contribution in [1.82, 2.24) is 4.98 Å². The molecule has 0 saturated carbocycles. The van der Waals surface area contributed by atoms with E-state index in [0.717, 1.165) is 0 Å². The van der Waals surface area contributed by atoms with E-state index < -0.39 is 0 Å². The predicted molar refractivity (Wildman–Crippen MR) is 88.2 cm³/mol. The zero-order valence-electron chi connectivity index (χ0n) is 14.4. The van der Waals surface area contributed by atoms with Gasteiger partial charge in [-0.15, -0.1) is 0 Å². The minimum absolute atomic E-state index is 0.109. The minimum Gasteiger partial charge on any atom is -0.265 e. The highest BCUT2D eigenvalue weighted by Gasteiger charge is 2.31. The van der Waals surface area contributed by atoms with Gasteiger partial charge in [0.2, 0.25) is 0 Å². The molecule has 2 aromatic rings. The van der Waals surface area contributed by atoms with Crippen molar-refractivity contribution in [3.8, 4) is 11.1 Å². The molecule has 21 heavy (non-hydrogen) atoms. The monoisotopic (exact) mass is 283 g/mol. The maximum absolute atomic E-state index is 4.13. The highest BCUT2D eigenvalue weighted by Crippen LogP contribution is 2.29. The molecule has 0 aromatic carbocycles. The van der Waals surface area contributed by atoms with Crippen molar-refractivity contribution >= 4 is 0 Å². The second-order valence-corrected chi connectivity index (χ2v) is 7.81. The Morgan fingerprint density at radius 2 is 1.19 bits per heavy atom. The Morgan fingerprint density at radius 3 is 1.57 bits per heavy atom. The summed E-state index contributed by atoms with van der Waals surface area (Å²) in [7, 11) is 2.18. The highest BCUT2D eigenvalue weighted by molar-refractivity contribution is 5.63. The van der Waals surface area contributed by atoms with Gasteiger partial charge in [0.25, 0.3) is 0 Å². The Morgan fingerprint density at radius 1 is 0.762 bits per heavy atom. The van der Waals surface area contributed by atoms with E-state index in [2.05, 4.69) is 82.4 Å². The Labute approximate surface area is 128 Å². The Bertz CT molecular complexity index is 594. The molecule has 0 radical (unpaired) electrons. The van der Waals surface area contributed by atoms with Crippen LogP contribution in [-0.2, 0) is 17.9 Å². The summed E-state index contributed by atoms with van der Waals surface area (Å²) in [5.41, 5.74) is 5.41. The summed E-state index contributed by atoms with van der Waals surface area (Å²) in [6.07, 6.45) is 3.71. The number of pyridine rings is 2. The van der Waals surface area contributed by atoms with Crippen molar-refractivity contribution in [3.05, 3.63) is 48.0 Å². The van der Waals surface area contributed by atoms with Crippen LogP contribution in [0.15, 0.2) is 36.7 Å². The fourth-order valence-electron chi connectivity index (χ4n) is 2.81. The molecule has 0 N–H and O–H groups in total. The summed E-state index contributed by atoms with van der Waals surface area (Å²) in [6, 6.07) is 8.78. The van der Waals surface area contributed by atoms with Crippen molar-refractivity contribution in [1.29, 1.82) is 0 Å². The molecule has 0 aliphatic rings. The molecule has 0 unspecified atom stereocenters. The van der Waals surface area contributed by atoms with Gasteiger partial charge in [-0.3, -0.25) is 4.98 Å². The van der Waals surface area contributed by atoms with Crippen LogP contribution in [0, 0.1) is 0 Å². The summed E-state index contributed by atoms with van der Waals surface area (Å²) >= 11 is 0. The number of rotatable bonds is 1. The Hall–Kier alpha value is -1.70. The third kappa shape index (κ3) is 3.31. The Kier molecular flexibility index (Phi) is 3.92. The van der Waals surface area contributed by atoms with Crippen LogP contribution in [0.2, 0.25) is 0 Å². The summed E-state index contributed by atoms with van der Waals surface area (Å²) < 4.78 is 2.35. The molecule has 2 nitrogen and oxygen atoms in total. The first-order chi connectivity index (χ1) is 9.60. The van der Waals surface area contributed by atoms with Crippen molar-refractivity contribution < 1.29 is 4.57 Å². The van der Waals surface area contributed by atoms with Crippen molar-refractivity contribution in [3.63, 3.8) is 0 Å². The predicted octanol–water partition coefficient (Wildman–Crippen LogP) is 4.17. The van der Waals surface area contributed by atoms with E-state index in [1.165, 1.54) is 22.5 Å². The highest BCUT2D eigenvalue weighted by atomic mass is 15.0. The normalized spacial score (nSPS) is 12.5. The lowest BCUT2D eigenvalue weighted by molar-refractivity contribution is -0.693. The molecule has 2 heterocycles. The lowest BCUT2D eigenvalue weighted by Gasteiger charge is -2.23. The molecule has 2 aromatic heterocycles. The zero-order chi connectivity index (χ0) is 15.8. The molecule has 0 spiro atoms. The molecule has 0 amide bonds. The van der Waals surface area contributed by atoms with Gasteiger partial charge in [-0.05, 0) is 23.3 Å². The largest absolute Gasteiger partial charge is 0.265 e. The van der Waals surface area contributed by atoms with Crippen molar-refractivity contribution in [2.45, 2.75) is 52.4 Å². The van der Waals surface area contributed by atoms with Crippen LogP contribution in [0.25, 0.3) is 11.1 Å². The second kappa shape index (κ2) is 5.25. The average Bonchev–Trinajstić information content (AvgIpc) is 2.37. The smallest absolute Gasteiger partial charge is 0.187 e. The molecule has 0 saturated heterocycles. The molecule has 2 rings (SSSR count). The first-order valence-corrected chi connectivity index (χ1v) is 7.56. The van der Waals surface area contributed by atoms with Gasteiger partial charge in [0, 0.05) is 35.4 Å². The molecule has 0 aliphatic carbocycles. The van der Waals surface area contributed by atoms with Gasteiger partial charge in [-0.2, -0.15) is 0 Å². The van der Waals surface area contributed by atoms with E-state index in [0.29, 0.717) is 0 Å². The third-order valence-electron chi connectivity index (χ3n) is 3.86. The van der Waals surface area contributed by atoms with Gasteiger partial charge in [-0.25, -0.2) is 4.57 Å². The first kappa shape index (κ1) is 15.7. The van der Waals surface area contributed by atoms with Crippen LogP contribution in [0.1, 0.15) is 52.9 Å². The molecule has 0 bridgehead atoms. The lowest BCUT2D eigenvalue weighted by atomic mass is 9.85. The molecule has 112 valence electrons. The van der Waals surface area contributed by atoms with Gasteiger partial charge >= 0.3 is 0 Å². The average molecular weight is 283 g/mol. The lowest BCUT2D eigenvalue weighted by Crippen LogP contribution is -2.46. The van der Waals surface area contributed by atoms with Gasteiger partial charge < -0.3 is 0 Å². The maximum Gasteiger partial charge on any atom is 0.187 e. The van der Waals surface area contributed by atoms with E-state index >= 15 is 0 Å². The molecule has 0 aliphatic heterocycles. The SMILES string of the molecule is C[n+]1c(C(C)(C)C)cc(-c2ccncc2)cc1C(C)(C)C. The fourth-order valence-corrected chi connectivity index (χ4v) is 2.81. The van der Waals surface area contributed by atoms with Crippen molar-refractivity contribution in [2.24, 2.45) is 7.05 Å². The van der Waals surface area contributed by atoms with Crippen LogP contribution >= 0.6 is 0 Å². The maximum atomic E-state index is 4.13. The molecule has 0 fully saturated rings. The molecule has 0 atom stereocenters. The van der Waals surface area contributed by atoms with Gasteiger partial charge in [-0.1, -0.05) is 41.5 Å². The van der Waals surface area contributed by atoms with Crippen LogP contribution in [-0.4, -0.2) is 4.98 Å². The van der Waals surface area contributed by atoms with Crippen LogP contribution in [0.5, 0.6) is 0 Å². The topological polar surface area (TPSA) is 16.8 Å². The summed E-state index contributed by atoms with van der Waals surface area (Å²) in [5, 5.41) is 0. The van der Waals surface area contributed by atoms with Gasteiger partial charge in [0.05, 0.1) is 0 Å². The Balaban J connectivity index is 2.75. The fraction of sp³-hybridized carbons (Fsp3) is 0.474. The quantitative estimate of drug-likeness (QED) is 0.718. The van der Waals surface area contributed by atoms with E-state index in [1.54, 1.807) is 0 Å². The summed E-state index contributed by atoms with van der Waals surface area (Å²) in [5.74, 6) is 0.